The molecule has 0 fully saturated rings. The number of allylic oxidation sites excluding steroid dienone is 2. The predicted molar refractivity (Wildman–Crippen MR) is 76.4 cm³/mol. The lowest BCUT2D eigenvalue weighted by Gasteiger charge is -2.10. The Labute approximate surface area is 112 Å². The molecular formula is C15H29NO2. The molecule has 106 valence electrons. The Morgan fingerprint density at radius 3 is 2.39 bits per heavy atom. The number of carbonyl (C=O) groups is 1. The van der Waals surface area contributed by atoms with Gasteiger partial charge >= 0.3 is 0 Å². The molecule has 3 heteroatoms. The predicted octanol–water partition coefficient (Wildman–Crippen LogP) is 3.18. The minimum absolute atomic E-state index is 0.0739. The van der Waals surface area contributed by atoms with Crippen molar-refractivity contribution in [3.05, 3.63) is 12.2 Å². The summed E-state index contributed by atoms with van der Waals surface area (Å²) in [4.78, 5) is 10.6. The summed E-state index contributed by atoms with van der Waals surface area (Å²) in [5, 5.41) is 12.2. The van der Waals surface area contributed by atoms with Gasteiger partial charge in [0.05, 0.1) is 6.10 Å². The summed E-state index contributed by atoms with van der Waals surface area (Å²) in [5.74, 6) is -0.0739. The Bertz CT molecular complexity index is 227. The fraction of sp³-hybridized carbons (Fsp3) is 0.800. The standard InChI is InChI=1S/C15H29NO2/c1-3-4-5-6-7-8-9-10-11-12-15(18)13-16-14(2)17/h3-4,15,18H,5-13H2,1-2H3,(H,16,17)/b4-3+. The van der Waals surface area contributed by atoms with Gasteiger partial charge in [0.2, 0.25) is 5.91 Å². The third-order valence-electron chi connectivity index (χ3n) is 2.98. The number of hydrogen-bond donors (Lipinski definition) is 2. The van der Waals surface area contributed by atoms with E-state index in [0.717, 1.165) is 12.8 Å². The van der Waals surface area contributed by atoms with Crippen molar-refractivity contribution in [1.82, 2.24) is 5.32 Å². The monoisotopic (exact) mass is 255 g/mol. The van der Waals surface area contributed by atoms with Gasteiger partial charge in [-0.25, -0.2) is 0 Å². The van der Waals surface area contributed by atoms with E-state index >= 15 is 0 Å². The first kappa shape index (κ1) is 17.2. The Balaban J connectivity index is 3.17. The van der Waals surface area contributed by atoms with Gasteiger partial charge in [0.15, 0.2) is 0 Å². The van der Waals surface area contributed by atoms with Crippen molar-refractivity contribution in [2.75, 3.05) is 6.54 Å². The molecule has 2 N–H and O–H groups in total. The van der Waals surface area contributed by atoms with Crippen LogP contribution in [0.25, 0.3) is 0 Å². The van der Waals surface area contributed by atoms with Crippen molar-refractivity contribution in [2.24, 2.45) is 0 Å². The molecule has 0 aliphatic carbocycles. The van der Waals surface area contributed by atoms with Gasteiger partial charge in [0.25, 0.3) is 0 Å². The summed E-state index contributed by atoms with van der Waals surface area (Å²) in [6, 6.07) is 0. The highest BCUT2D eigenvalue weighted by Crippen LogP contribution is 2.10. The van der Waals surface area contributed by atoms with Crippen LogP contribution in [0.1, 0.15) is 65.2 Å². The molecular weight excluding hydrogens is 226 g/mol. The van der Waals surface area contributed by atoms with Gasteiger partial charge < -0.3 is 10.4 Å². The Morgan fingerprint density at radius 1 is 1.17 bits per heavy atom. The minimum Gasteiger partial charge on any atom is -0.391 e. The first-order valence-electron chi connectivity index (χ1n) is 7.20. The highest BCUT2D eigenvalue weighted by Gasteiger charge is 2.03. The maximum atomic E-state index is 10.6. The number of carbonyl (C=O) groups excluding carboxylic acids is 1. The van der Waals surface area contributed by atoms with Crippen LogP contribution in [0.5, 0.6) is 0 Å². The summed E-state index contributed by atoms with van der Waals surface area (Å²) in [7, 11) is 0. The third kappa shape index (κ3) is 13.2. The van der Waals surface area contributed by atoms with Crippen LogP contribution in [0, 0.1) is 0 Å². The van der Waals surface area contributed by atoms with Crippen molar-refractivity contribution < 1.29 is 9.90 Å². The smallest absolute Gasteiger partial charge is 0.216 e. The lowest BCUT2D eigenvalue weighted by atomic mass is 10.1. The number of amides is 1. The van der Waals surface area contributed by atoms with E-state index in [1.165, 1.54) is 45.4 Å². The van der Waals surface area contributed by atoms with Crippen LogP contribution >= 0.6 is 0 Å². The van der Waals surface area contributed by atoms with Gasteiger partial charge in [-0.15, -0.1) is 0 Å². The van der Waals surface area contributed by atoms with Gasteiger partial charge in [-0.3, -0.25) is 4.79 Å². The van der Waals surface area contributed by atoms with E-state index in [9.17, 15) is 9.90 Å². The summed E-state index contributed by atoms with van der Waals surface area (Å²) in [6.45, 7) is 3.92. The van der Waals surface area contributed by atoms with Gasteiger partial charge in [-0.05, 0) is 26.2 Å². The number of rotatable bonds is 11. The van der Waals surface area contributed by atoms with E-state index in [1.807, 2.05) is 0 Å². The average molecular weight is 255 g/mol. The highest BCUT2D eigenvalue weighted by molar-refractivity contribution is 5.72. The lowest BCUT2D eigenvalue weighted by molar-refractivity contribution is -0.119. The third-order valence-corrected chi connectivity index (χ3v) is 2.98. The van der Waals surface area contributed by atoms with Crippen LogP contribution < -0.4 is 5.32 Å². The van der Waals surface area contributed by atoms with Gasteiger partial charge in [-0.1, -0.05) is 44.3 Å². The van der Waals surface area contributed by atoms with Crippen molar-refractivity contribution in [2.45, 2.75) is 71.3 Å². The quantitative estimate of drug-likeness (QED) is 0.440. The molecule has 0 aromatic rings. The Morgan fingerprint density at radius 2 is 1.78 bits per heavy atom. The summed E-state index contributed by atoms with van der Waals surface area (Å²) in [6.07, 6.45) is 13.3. The van der Waals surface area contributed by atoms with E-state index in [1.54, 1.807) is 0 Å². The summed E-state index contributed by atoms with van der Waals surface area (Å²) in [5.41, 5.74) is 0. The van der Waals surface area contributed by atoms with E-state index in [-0.39, 0.29) is 12.0 Å². The molecule has 1 unspecified atom stereocenters. The fourth-order valence-corrected chi connectivity index (χ4v) is 1.88. The Hall–Kier alpha value is -0.830. The number of hydrogen-bond acceptors (Lipinski definition) is 2. The molecule has 18 heavy (non-hydrogen) atoms. The molecule has 0 aliphatic rings. The summed E-state index contributed by atoms with van der Waals surface area (Å²) < 4.78 is 0. The molecule has 0 saturated carbocycles. The summed E-state index contributed by atoms with van der Waals surface area (Å²) >= 11 is 0. The second-order valence-electron chi connectivity index (χ2n) is 4.86. The van der Waals surface area contributed by atoms with Gasteiger partial charge in [-0.2, -0.15) is 0 Å². The van der Waals surface area contributed by atoms with Crippen molar-refractivity contribution >= 4 is 5.91 Å². The largest absolute Gasteiger partial charge is 0.391 e. The Kier molecular flexibility index (Phi) is 12.0. The molecule has 3 nitrogen and oxygen atoms in total. The van der Waals surface area contributed by atoms with Crippen LogP contribution in [0.3, 0.4) is 0 Å². The first-order valence-corrected chi connectivity index (χ1v) is 7.20. The van der Waals surface area contributed by atoms with Crippen molar-refractivity contribution in [3.8, 4) is 0 Å². The molecule has 0 aromatic heterocycles. The lowest BCUT2D eigenvalue weighted by Crippen LogP contribution is -2.30. The zero-order chi connectivity index (χ0) is 13.6. The van der Waals surface area contributed by atoms with Crippen LogP contribution in [0.15, 0.2) is 12.2 Å². The molecule has 0 radical (unpaired) electrons. The van der Waals surface area contributed by atoms with Crippen LogP contribution in [0.2, 0.25) is 0 Å². The molecule has 1 amide bonds. The molecule has 0 aromatic carbocycles. The van der Waals surface area contributed by atoms with Crippen LogP contribution in [-0.4, -0.2) is 23.7 Å². The maximum Gasteiger partial charge on any atom is 0.216 e. The molecule has 0 aliphatic heterocycles. The number of aliphatic hydroxyl groups excluding tert-OH is 1. The SMILES string of the molecule is C/C=C/CCCCCCCCC(O)CNC(C)=O. The second-order valence-corrected chi connectivity index (χ2v) is 4.86. The second kappa shape index (κ2) is 12.6. The molecule has 0 spiro atoms. The highest BCUT2D eigenvalue weighted by atomic mass is 16.3. The molecule has 0 saturated heterocycles. The molecule has 1 atom stereocenters. The van der Waals surface area contributed by atoms with E-state index in [4.69, 9.17) is 0 Å². The van der Waals surface area contributed by atoms with Gasteiger partial charge in [0.1, 0.15) is 0 Å². The van der Waals surface area contributed by atoms with Crippen LogP contribution in [-0.2, 0) is 4.79 Å². The van der Waals surface area contributed by atoms with Crippen molar-refractivity contribution in [3.63, 3.8) is 0 Å². The van der Waals surface area contributed by atoms with E-state index in [2.05, 4.69) is 24.4 Å². The molecule has 0 rings (SSSR count). The van der Waals surface area contributed by atoms with Gasteiger partial charge in [0, 0.05) is 13.5 Å². The van der Waals surface area contributed by atoms with Crippen LogP contribution in [0.4, 0.5) is 0 Å². The zero-order valence-electron chi connectivity index (χ0n) is 12.0. The van der Waals surface area contributed by atoms with Crippen molar-refractivity contribution in [1.29, 1.82) is 0 Å². The number of unbranched alkanes of at least 4 members (excludes halogenated alkanes) is 6. The minimum atomic E-state index is -0.386. The molecule has 0 heterocycles. The number of aliphatic hydroxyl groups is 1. The van der Waals surface area contributed by atoms with E-state index < -0.39 is 0 Å². The average Bonchev–Trinajstić information content (AvgIpc) is 2.34. The first-order chi connectivity index (χ1) is 8.66. The zero-order valence-corrected chi connectivity index (χ0v) is 12.0. The topological polar surface area (TPSA) is 49.3 Å². The normalized spacial score (nSPS) is 12.8. The molecule has 0 bridgehead atoms. The fourth-order valence-electron chi connectivity index (χ4n) is 1.88. The maximum absolute atomic E-state index is 10.6. The van der Waals surface area contributed by atoms with E-state index in [0.29, 0.717) is 6.54 Å². The number of nitrogens with one attached hydrogen (secondary N) is 1.